The number of carbonyl (C=O) groups is 1. The number of benzene rings is 1. The van der Waals surface area contributed by atoms with Crippen molar-refractivity contribution in [2.75, 3.05) is 13.2 Å². The van der Waals surface area contributed by atoms with E-state index in [4.69, 9.17) is 5.11 Å². The number of carbonyl (C=O) groups excluding carboxylic acids is 1. The summed E-state index contributed by atoms with van der Waals surface area (Å²) in [4.78, 5) is 14.7. The molecule has 1 N–H and O–H groups in total. The molecule has 2 unspecified atom stereocenters. The highest BCUT2D eigenvalue weighted by atomic mass is 16.2. The van der Waals surface area contributed by atoms with Crippen LogP contribution in [0.15, 0.2) is 18.2 Å². The first-order valence-corrected chi connectivity index (χ1v) is 7.55. The lowest BCUT2D eigenvalue weighted by Gasteiger charge is -2.38. The summed E-state index contributed by atoms with van der Waals surface area (Å²) in [7, 11) is 0. The Balaban J connectivity index is 2.28. The van der Waals surface area contributed by atoms with Gasteiger partial charge in [0.2, 0.25) is 0 Å². The maximum absolute atomic E-state index is 12.8. The zero-order valence-corrected chi connectivity index (χ0v) is 13.0. The smallest absolute Gasteiger partial charge is 0.254 e. The minimum atomic E-state index is -0.169. The number of hydrogen-bond acceptors (Lipinski definition) is 2. The van der Waals surface area contributed by atoms with Crippen molar-refractivity contribution >= 4 is 5.91 Å². The highest BCUT2D eigenvalue weighted by Crippen LogP contribution is 2.25. The van der Waals surface area contributed by atoms with Crippen LogP contribution >= 0.6 is 0 Å². The van der Waals surface area contributed by atoms with E-state index in [2.05, 4.69) is 25.7 Å². The van der Waals surface area contributed by atoms with Crippen LogP contribution in [0, 0.1) is 24.7 Å². The van der Waals surface area contributed by atoms with E-state index in [1.165, 1.54) is 6.42 Å². The Bertz CT molecular complexity index is 583. The van der Waals surface area contributed by atoms with Crippen LogP contribution in [0.2, 0.25) is 0 Å². The van der Waals surface area contributed by atoms with E-state index in [1.807, 2.05) is 30.0 Å². The Morgan fingerprint density at radius 3 is 2.86 bits per heavy atom. The molecule has 3 heteroatoms. The monoisotopic (exact) mass is 285 g/mol. The molecule has 3 nitrogen and oxygen atoms in total. The Morgan fingerprint density at radius 2 is 2.14 bits per heavy atom. The molecule has 0 aromatic heterocycles. The number of nitrogens with zero attached hydrogens (tertiary/aromatic N) is 1. The molecule has 112 valence electrons. The van der Waals surface area contributed by atoms with Gasteiger partial charge in [0.15, 0.2) is 0 Å². The summed E-state index contributed by atoms with van der Waals surface area (Å²) in [5.74, 6) is 6.15. The standard InChI is InChI=1S/C18H23NO2/c1-13-10-16(7-5-9-20)12-17(11-13)18(21)19-8-4-6-14(2)15(19)3/h10-12,14-15,20H,4,6,8-9H2,1-3H3. The fourth-order valence-corrected chi connectivity index (χ4v) is 2.91. The van der Waals surface area contributed by atoms with E-state index in [0.717, 1.165) is 24.1 Å². The number of aliphatic hydroxyl groups is 1. The van der Waals surface area contributed by atoms with Gasteiger partial charge in [-0.05, 0) is 56.4 Å². The second-order valence-corrected chi connectivity index (χ2v) is 5.91. The number of aryl methyl sites for hydroxylation is 1. The number of piperidine rings is 1. The summed E-state index contributed by atoms with van der Waals surface area (Å²) in [6.45, 7) is 6.96. The first kappa shape index (κ1) is 15.6. The van der Waals surface area contributed by atoms with Gasteiger partial charge in [-0.25, -0.2) is 0 Å². The average Bonchev–Trinajstić information content (AvgIpc) is 2.46. The fourth-order valence-electron chi connectivity index (χ4n) is 2.91. The van der Waals surface area contributed by atoms with E-state index in [9.17, 15) is 4.79 Å². The highest BCUT2D eigenvalue weighted by Gasteiger charge is 2.29. The Morgan fingerprint density at radius 1 is 1.38 bits per heavy atom. The van der Waals surface area contributed by atoms with E-state index in [1.54, 1.807) is 0 Å². The Hall–Kier alpha value is -1.79. The largest absolute Gasteiger partial charge is 0.384 e. The van der Waals surface area contributed by atoms with Crippen LogP contribution in [-0.2, 0) is 0 Å². The van der Waals surface area contributed by atoms with Gasteiger partial charge in [0.05, 0.1) is 0 Å². The van der Waals surface area contributed by atoms with Crippen molar-refractivity contribution in [3.63, 3.8) is 0 Å². The van der Waals surface area contributed by atoms with Crippen LogP contribution in [0.25, 0.3) is 0 Å². The van der Waals surface area contributed by atoms with Gasteiger partial charge < -0.3 is 10.0 Å². The molecule has 0 spiro atoms. The summed E-state index contributed by atoms with van der Waals surface area (Å²) in [6.07, 6.45) is 2.26. The number of hydrogen-bond donors (Lipinski definition) is 1. The first-order valence-electron chi connectivity index (χ1n) is 7.55. The second-order valence-electron chi connectivity index (χ2n) is 5.91. The van der Waals surface area contributed by atoms with Crippen LogP contribution < -0.4 is 0 Å². The van der Waals surface area contributed by atoms with E-state index >= 15 is 0 Å². The average molecular weight is 285 g/mol. The lowest BCUT2D eigenvalue weighted by Crippen LogP contribution is -2.46. The van der Waals surface area contributed by atoms with Crippen LogP contribution in [0.3, 0.4) is 0 Å². The molecule has 2 rings (SSSR count). The second kappa shape index (κ2) is 6.78. The van der Waals surface area contributed by atoms with Crippen LogP contribution in [0.5, 0.6) is 0 Å². The van der Waals surface area contributed by atoms with Gasteiger partial charge in [-0.15, -0.1) is 0 Å². The summed E-state index contributed by atoms with van der Waals surface area (Å²) in [6, 6.07) is 5.95. The molecule has 1 amide bonds. The van der Waals surface area contributed by atoms with Crippen molar-refractivity contribution in [3.8, 4) is 11.8 Å². The van der Waals surface area contributed by atoms with Crippen LogP contribution in [0.1, 0.15) is 48.2 Å². The molecule has 0 bridgehead atoms. The van der Waals surface area contributed by atoms with Gasteiger partial charge in [-0.1, -0.05) is 18.8 Å². The quantitative estimate of drug-likeness (QED) is 0.806. The third-order valence-corrected chi connectivity index (χ3v) is 4.27. The molecule has 1 saturated heterocycles. The lowest BCUT2D eigenvalue weighted by atomic mass is 9.91. The van der Waals surface area contributed by atoms with Crippen molar-refractivity contribution in [1.82, 2.24) is 4.90 Å². The van der Waals surface area contributed by atoms with Gasteiger partial charge >= 0.3 is 0 Å². The number of rotatable bonds is 1. The van der Waals surface area contributed by atoms with Crippen LogP contribution in [0.4, 0.5) is 0 Å². The Labute approximate surface area is 127 Å². The molecule has 1 aromatic carbocycles. The molecular weight excluding hydrogens is 262 g/mol. The predicted octanol–water partition coefficient (Wildman–Crippen LogP) is 2.60. The third kappa shape index (κ3) is 3.65. The molecule has 2 atom stereocenters. The molecule has 1 heterocycles. The van der Waals surface area contributed by atoms with Gasteiger partial charge in [0, 0.05) is 23.7 Å². The zero-order chi connectivity index (χ0) is 15.4. The maximum Gasteiger partial charge on any atom is 0.254 e. The highest BCUT2D eigenvalue weighted by molar-refractivity contribution is 5.95. The minimum Gasteiger partial charge on any atom is -0.384 e. The van der Waals surface area contributed by atoms with Crippen LogP contribution in [-0.4, -0.2) is 35.1 Å². The van der Waals surface area contributed by atoms with E-state index in [-0.39, 0.29) is 18.6 Å². The van der Waals surface area contributed by atoms with Crippen molar-refractivity contribution in [1.29, 1.82) is 0 Å². The molecule has 1 aromatic rings. The van der Waals surface area contributed by atoms with Crippen molar-refractivity contribution in [2.24, 2.45) is 5.92 Å². The summed E-state index contributed by atoms with van der Waals surface area (Å²) < 4.78 is 0. The van der Waals surface area contributed by atoms with Crippen molar-refractivity contribution in [3.05, 3.63) is 34.9 Å². The third-order valence-electron chi connectivity index (χ3n) is 4.27. The normalized spacial score (nSPS) is 21.6. The fraction of sp³-hybridized carbons (Fsp3) is 0.500. The molecule has 1 aliphatic rings. The molecule has 0 saturated carbocycles. The topological polar surface area (TPSA) is 40.5 Å². The van der Waals surface area contributed by atoms with Gasteiger partial charge in [-0.2, -0.15) is 0 Å². The Kier molecular flexibility index (Phi) is 5.03. The first-order chi connectivity index (χ1) is 10.0. The number of aliphatic hydroxyl groups excluding tert-OH is 1. The summed E-state index contributed by atoms with van der Waals surface area (Å²) in [5.41, 5.74) is 2.49. The van der Waals surface area contributed by atoms with Gasteiger partial charge in [0.1, 0.15) is 6.61 Å². The number of amides is 1. The molecule has 1 aliphatic heterocycles. The predicted molar refractivity (Wildman–Crippen MR) is 84.0 cm³/mol. The summed E-state index contributed by atoms with van der Waals surface area (Å²) >= 11 is 0. The van der Waals surface area contributed by atoms with E-state index in [0.29, 0.717) is 11.5 Å². The number of likely N-dealkylation sites (tertiary alicyclic amines) is 1. The zero-order valence-electron chi connectivity index (χ0n) is 13.0. The minimum absolute atomic E-state index is 0.0878. The van der Waals surface area contributed by atoms with Gasteiger partial charge in [0.25, 0.3) is 5.91 Å². The van der Waals surface area contributed by atoms with E-state index < -0.39 is 0 Å². The van der Waals surface area contributed by atoms with Crippen molar-refractivity contribution in [2.45, 2.75) is 39.7 Å². The van der Waals surface area contributed by atoms with Crippen molar-refractivity contribution < 1.29 is 9.90 Å². The van der Waals surface area contributed by atoms with Gasteiger partial charge in [-0.3, -0.25) is 4.79 Å². The maximum atomic E-state index is 12.8. The molecule has 0 aliphatic carbocycles. The molecule has 21 heavy (non-hydrogen) atoms. The molecule has 1 fully saturated rings. The SMILES string of the molecule is Cc1cc(C#CCO)cc(C(=O)N2CCCC(C)C2C)c1. The lowest BCUT2D eigenvalue weighted by molar-refractivity contribution is 0.0551. The summed E-state index contributed by atoms with van der Waals surface area (Å²) in [5, 5.41) is 8.79. The molecular formula is C18H23NO2. The molecule has 0 radical (unpaired) electrons.